The Balaban J connectivity index is 2.95. The van der Waals surface area contributed by atoms with Crippen molar-refractivity contribution in [2.24, 2.45) is 15.0 Å². The lowest BCUT2D eigenvalue weighted by Gasteiger charge is -2.13. The van der Waals surface area contributed by atoms with Crippen molar-refractivity contribution in [3.63, 3.8) is 0 Å². The number of hydrogen-bond donors (Lipinski definition) is 0. The molecule has 31 heavy (non-hydrogen) atoms. The molecule has 0 atom stereocenters. The first-order chi connectivity index (χ1) is 14.3. The Bertz CT molecular complexity index is 939. The van der Waals surface area contributed by atoms with Crippen molar-refractivity contribution in [3.8, 4) is 0 Å². The molecule has 0 bridgehead atoms. The summed E-state index contributed by atoms with van der Waals surface area (Å²) in [5.74, 6) is 0.489. The van der Waals surface area contributed by atoms with E-state index in [2.05, 4.69) is 106 Å². The van der Waals surface area contributed by atoms with Crippen LogP contribution >= 0.6 is 0 Å². The lowest BCUT2D eigenvalue weighted by molar-refractivity contribution is 0.500. The molecule has 7 heteroatoms. The van der Waals surface area contributed by atoms with Gasteiger partial charge in [0.1, 0.15) is 0 Å². The molecule has 0 spiro atoms. The first-order valence-electron chi connectivity index (χ1n) is 11.5. The summed E-state index contributed by atoms with van der Waals surface area (Å²) in [6.45, 7) is 26.2. The maximum atomic E-state index is 5.02. The summed E-state index contributed by atoms with van der Waals surface area (Å²) in [6.07, 6.45) is 0. The van der Waals surface area contributed by atoms with Crippen molar-refractivity contribution in [1.29, 1.82) is 0 Å². The van der Waals surface area contributed by atoms with Crippen molar-refractivity contribution in [1.82, 2.24) is 18.3 Å². The van der Waals surface area contributed by atoms with Crippen LogP contribution in [-0.2, 0) is 0 Å². The highest BCUT2D eigenvalue weighted by atomic mass is 15.3. The summed E-state index contributed by atoms with van der Waals surface area (Å²) in [5, 5.41) is 0. The molecular formula is C24H43N7. The highest BCUT2D eigenvalue weighted by molar-refractivity contribution is 5.81. The SMILES string of the molecule is CN=C(N=c1n(C(C)C)c(C)c(C)n1C(C)C)N=c1n(C(C)C)c(C)c(C)n1C(C)C. The molecule has 2 heterocycles. The Morgan fingerprint density at radius 2 is 0.742 bits per heavy atom. The third-order valence-corrected chi connectivity index (χ3v) is 6.02. The fourth-order valence-electron chi connectivity index (χ4n) is 4.52. The minimum Gasteiger partial charge on any atom is -0.312 e. The maximum absolute atomic E-state index is 5.02. The summed E-state index contributed by atoms with van der Waals surface area (Å²) in [5.41, 5.74) is 6.72. The van der Waals surface area contributed by atoms with E-state index >= 15 is 0 Å². The first kappa shape index (κ1) is 25.0. The molecule has 0 amide bonds. The van der Waals surface area contributed by atoms with Crippen LogP contribution < -0.4 is 11.2 Å². The Morgan fingerprint density at radius 3 is 0.903 bits per heavy atom. The second kappa shape index (κ2) is 9.45. The van der Waals surface area contributed by atoms with Gasteiger partial charge in [0.05, 0.1) is 0 Å². The normalized spacial score (nSPS) is 11.9. The predicted molar refractivity (Wildman–Crippen MR) is 130 cm³/mol. The van der Waals surface area contributed by atoms with Gasteiger partial charge in [-0.3, -0.25) is 4.99 Å². The molecular weight excluding hydrogens is 386 g/mol. The zero-order valence-electron chi connectivity index (χ0n) is 21.9. The zero-order valence-corrected chi connectivity index (χ0v) is 21.9. The second-order valence-corrected chi connectivity index (χ2v) is 9.54. The molecule has 0 unspecified atom stereocenters. The van der Waals surface area contributed by atoms with E-state index in [0.29, 0.717) is 30.1 Å². The second-order valence-electron chi connectivity index (χ2n) is 9.54. The zero-order chi connectivity index (χ0) is 23.8. The van der Waals surface area contributed by atoms with Crippen LogP contribution in [0.3, 0.4) is 0 Å². The van der Waals surface area contributed by atoms with Gasteiger partial charge in [-0.05, 0) is 83.1 Å². The fourth-order valence-corrected chi connectivity index (χ4v) is 4.52. The molecule has 0 aliphatic heterocycles. The summed E-state index contributed by atoms with van der Waals surface area (Å²) in [4.78, 5) is 14.5. The van der Waals surface area contributed by atoms with Gasteiger partial charge in [-0.1, -0.05) is 0 Å². The molecule has 0 radical (unpaired) electrons. The van der Waals surface area contributed by atoms with Gasteiger partial charge in [0, 0.05) is 54.0 Å². The molecule has 0 fully saturated rings. The van der Waals surface area contributed by atoms with E-state index in [0.717, 1.165) is 11.2 Å². The Hall–Kier alpha value is -2.31. The molecule has 0 saturated heterocycles. The summed E-state index contributed by atoms with van der Waals surface area (Å²) in [7, 11) is 1.77. The lowest BCUT2D eigenvalue weighted by atomic mass is 10.3. The van der Waals surface area contributed by atoms with Gasteiger partial charge in [-0.15, -0.1) is 0 Å². The van der Waals surface area contributed by atoms with Gasteiger partial charge < -0.3 is 18.3 Å². The van der Waals surface area contributed by atoms with E-state index in [1.807, 2.05) is 0 Å². The van der Waals surface area contributed by atoms with Crippen LogP contribution in [0.4, 0.5) is 0 Å². The van der Waals surface area contributed by atoms with Crippen LogP contribution in [0, 0.1) is 27.7 Å². The van der Waals surface area contributed by atoms with Crippen molar-refractivity contribution < 1.29 is 0 Å². The summed E-state index contributed by atoms with van der Waals surface area (Å²) in [6, 6.07) is 1.17. The van der Waals surface area contributed by atoms with Crippen molar-refractivity contribution in [2.75, 3.05) is 7.05 Å². The number of rotatable bonds is 4. The Kier molecular flexibility index (Phi) is 7.61. The van der Waals surface area contributed by atoms with E-state index in [-0.39, 0.29) is 0 Å². The third-order valence-electron chi connectivity index (χ3n) is 6.02. The maximum Gasteiger partial charge on any atom is 0.250 e. The quantitative estimate of drug-likeness (QED) is 0.488. The number of nitrogens with zero attached hydrogens (tertiary/aromatic N) is 7. The topological polar surface area (TPSA) is 56.8 Å². The molecule has 0 saturated carbocycles. The van der Waals surface area contributed by atoms with Crippen LogP contribution in [-0.4, -0.2) is 31.3 Å². The smallest absolute Gasteiger partial charge is 0.250 e. The Labute approximate surface area is 187 Å². The van der Waals surface area contributed by atoms with Crippen LogP contribution in [0.1, 0.15) is 102 Å². The molecule has 0 N–H and O–H groups in total. The molecule has 0 aliphatic rings. The molecule has 174 valence electrons. The van der Waals surface area contributed by atoms with Crippen molar-refractivity contribution in [3.05, 3.63) is 34.0 Å². The lowest BCUT2D eigenvalue weighted by Crippen LogP contribution is -2.33. The molecule has 0 aromatic carbocycles. The van der Waals surface area contributed by atoms with Crippen molar-refractivity contribution in [2.45, 2.75) is 107 Å². The molecule has 0 aliphatic carbocycles. The number of aliphatic imine (C=N–C) groups is 1. The molecule has 2 rings (SSSR count). The molecule has 2 aromatic rings. The summed E-state index contributed by atoms with van der Waals surface area (Å²) < 4.78 is 9.13. The molecule has 2 aromatic heterocycles. The van der Waals surface area contributed by atoms with Crippen LogP contribution in [0.2, 0.25) is 0 Å². The van der Waals surface area contributed by atoms with Gasteiger partial charge in [0.15, 0.2) is 0 Å². The largest absolute Gasteiger partial charge is 0.312 e. The highest BCUT2D eigenvalue weighted by Crippen LogP contribution is 2.17. The number of imidazole rings is 2. The standard InChI is InChI=1S/C24H43N7/c1-14(2)28-18(9)19(10)29(15(3)4)23(28)26-22(25-13)27-24-30(16(5)6)20(11)21(12)31(24)17(7)8/h14-17H,1-13H3. The third kappa shape index (κ3) is 4.51. The number of aromatic nitrogens is 4. The number of guanidine groups is 1. The van der Waals surface area contributed by atoms with Gasteiger partial charge in [-0.25, -0.2) is 0 Å². The average molecular weight is 430 g/mol. The van der Waals surface area contributed by atoms with E-state index in [9.17, 15) is 0 Å². The van der Waals surface area contributed by atoms with Gasteiger partial charge in [-0.2, -0.15) is 9.98 Å². The van der Waals surface area contributed by atoms with E-state index in [1.165, 1.54) is 22.8 Å². The first-order valence-corrected chi connectivity index (χ1v) is 11.5. The Morgan fingerprint density at radius 1 is 0.516 bits per heavy atom. The van der Waals surface area contributed by atoms with Crippen LogP contribution in [0.15, 0.2) is 15.0 Å². The molecule has 7 nitrogen and oxygen atoms in total. The van der Waals surface area contributed by atoms with Gasteiger partial charge in [0.2, 0.25) is 11.2 Å². The predicted octanol–water partition coefficient (Wildman–Crippen LogP) is 4.94. The van der Waals surface area contributed by atoms with E-state index < -0.39 is 0 Å². The van der Waals surface area contributed by atoms with Crippen molar-refractivity contribution >= 4 is 5.96 Å². The van der Waals surface area contributed by atoms with Crippen LogP contribution in [0.25, 0.3) is 0 Å². The number of hydrogen-bond acceptors (Lipinski definition) is 1. The summed E-state index contributed by atoms with van der Waals surface area (Å²) >= 11 is 0. The van der Waals surface area contributed by atoms with Crippen LogP contribution in [0.5, 0.6) is 0 Å². The minimum absolute atomic E-state index is 0.292. The van der Waals surface area contributed by atoms with E-state index in [1.54, 1.807) is 7.05 Å². The fraction of sp³-hybridized carbons (Fsp3) is 0.708. The average Bonchev–Trinajstić information content (AvgIpc) is 3.04. The van der Waals surface area contributed by atoms with Gasteiger partial charge in [0.25, 0.3) is 5.96 Å². The highest BCUT2D eigenvalue weighted by Gasteiger charge is 2.19. The van der Waals surface area contributed by atoms with E-state index in [4.69, 9.17) is 9.98 Å². The minimum atomic E-state index is 0.292. The van der Waals surface area contributed by atoms with Gasteiger partial charge >= 0.3 is 0 Å². The monoisotopic (exact) mass is 429 g/mol.